The molecule has 26 heavy (non-hydrogen) atoms. The monoisotopic (exact) mass is 366 g/mol. The van der Waals surface area contributed by atoms with Crippen molar-refractivity contribution in [2.45, 2.75) is 26.3 Å². The molecule has 9 heteroatoms. The van der Waals surface area contributed by atoms with Crippen LogP contribution in [0.4, 0.5) is 11.4 Å². The van der Waals surface area contributed by atoms with Gasteiger partial charge in [0.2, 0.25) is 5.91 Å². The maximum Gasteiger partial charge on any atom is 0.293 e. The number of hydrogen-bond acceptors (Lipinski definition) is 6. The molecule has 0 heterocycles. The SMILES string of the molecule is COCCCNC(=O)CN(C)c1ccc(C(=O)NC(C)C)cc1[N+](=O)[O-]. The van der Waals surface area contributed by atoms with E-state index >= 15 is 0 Å². The lowest BCUT2D eigenvalue weighted by atomic mass is 10.1. The fraction of sp³-hybridized carbons (Fsp3) is 0.529. The van der Waals surface area contributed by atoms with Gasteiger partial charge in [0.05, 0.1) is 11.5 Å². The molecule has 1 aromatic rings. The van der Waals surface area contributed by atoms with Crippen molar-refractivity contribution in [3.63, 3.8) is 0 Å². The molecular weight excluding hydrogens is 340 g/mol. The second-order valence-corrected chi connectivity index (χ2v) is 6.14. The summed E-state index contributed by atoms with van der Waals surface area (Å²) >= 11 is 0. The van der Waals surface area contributed by atoms with E-state index in [0.717, 1.165) is 0 Å². The van der Waals surface area contributed by atoms with Gasteiger partial charge in [-0.2, -0.15) is 0 Å². The molecule has 2 N–H and O–H groups in total. The van der Waals surface area contributed by atoms with Gasteiger partial charge in [0.25, 0.3) is 11.6 Å². The Morgan fingerprint density at radius 3 is 2.62 bits per heavy atom. The van der Waals surface area contributed by atoms with Crippen molar-refractivity contribution in [3.05, 3.63) is 33.9 Å². The maximum atomic E-state index is 12.0. The van der Waals surface area contributed by atoms with E-state index in [0.29, 0.717) is 19.6 Å². The Morgan fingerprint density at radius 2 is 2.04 bits per heavy atom. The summed E-state index contributed by atoms with van der Waals surface area (Å²) in [6.45, 7) is 4.59. The largest absolute Gasteiger partial charge is 0.385 e. The van der Waals surface area contributed by atoms with Crippen LogP contribution in [0.25, 0.3) is 0 Å². The van der Waals surface area contributed by atoms with Gasteiger partial charge in [-0.25, -0.2) is 0 Å². The number of ether oxygens (including phenoxy) is 1. The Hall–Kier alpha value is -2.68. The number of likely N-dealkylation sites (N-methyl/N-ethyl adjacent to an activating group) is 1. The molecule has 0 aromatic heterocycles. The van der Waals surface area contributed by atoms with E-state index in [9.17, 15) is 19.7 Å². The molecule has 0 bridgehead atoms. The summed E-state index contributed by atoms with van der Waals surface area (Å²) in [4.78, 5) is 36.3. The first-order chi connectivity index (χ1) is 12.3. The minimum atomic E-state index is -0.561. The van der Waals surface area contributed by atoms with E-state index in [4.69, 9.17) is 4.74 Å². The third-order valence-corrected chi connectivity index (χ3v) is 3.49. The number of benzene rings is 1. The number of nitrogens with one attached hydrogen (secondary N) is 2. The highest BCUT2D eigenvalue weighted by molar-refractivity contribution is 5.96. The van der Waals surface area contributed by atoms with Gasteiger partial charge >= 0.3 is 0 Å². The quantitative estimate of drug-likeness (QED) is 0.367. The molecular formula is C17H26N4O5. The first-order valence-corrected chi connectivity index (χ1v) is 8.32. The van der Waals surface area contributed by atoms with Gasteiger partial charge in [-0.15, -0.1) is 0 Å². The Kier molecular flexibility index (Phi) is 8.50. The lowest BCUT2D eigenvalue weighted by molar-refractivity contribution is -0.384. The topological polar surface area (TPSA) is 114 Å². The predicted molar refractivity (Wildman–Crippen MR) is 98.5 cm³/mol. The first kappa shape index (κ1) is 21.4. The molecule has 0 spiro atoms. The van der Waals surface area contributed by atoms with Crippen LogP contribution in [0.5, 0.6) is 0 Å². The molecule has 0 aliphatic rings. The van der Waals surface area contributed by atoms with E-state index in [1.54, 1.807) is 28.0 Å². The van der Waals surface area contributed by atoms with Crippen LogP contribution in [-0.2, 0) is 9.53 Å². The van der Waals surface area contributed by atoms with Crippen molar-refractivity contribution in [2.24, 2.45) is 0 Å². The predicted octanol–water partition coefficient (Wildman–Crippen LogP) is 1.32. The summed E-state index contributed by atoms with van der Waals surface area (Å²) in [5.74, 6) is -0.632. The van der Waals surface area contributed by atoms with Crippen molar-refractivity contribution in [3.8, 4) is 0 Å². The third kappa shape index (κ3) is 6.67. The molecule has 9 nitrogen and oxygen atoms in total. The van der Waals surface area contributed by atoms with E-state index < -0.39 is 4.92 Å². The summed E-state index contributed by atoms with van der Waals surface area (Å²) in [5.41, 5.74) is 0.241. The molecule has 1 rings (SSSR count). The summed E-state index contributed by atoms with van der Waals surface area (Å²) in [6, 6.07) is 4.13. The summed E-state index contributed by atoms with van der Waals surface area (Å²) in [5, 5.41) is 16.8. The molecule has 2 amide bonds. The average Bonchev–Trinajstić information content (AvgIpc) is 2.57. The zero-order valence-electron chi connectivity index (χ0n) is 15.6. The van der Waals surface area contributed by atoms with Gasteiger partial charge in [-0.3, -0.25) is 19.7 Å². The Morgan fingerprint density at radius 1 is 1.35 bits per heavy atom. The highest BCUT2D eigenvalue weighted by Crippen LogP contribution is 2.28. The fourth-order valence-electron chi connectivity index (χ4n) is 2.28. The van der Waals surface area contributed by atoms with Gasteiger partial charge in [-0.05, 0) is 32.4 Å². The summed E-state index contributed by atoms with van der Waals surface area (Å²) in [6.07, 6.45) is 0.686. The lowest BCUT2D eigenvalue weighted by Crippen LogP contribution is -2.36. The molecule has 0 saturated carbocycles. The van der Waals surface area contributed by atoms with Crippen LogP contribution in [-0.4, -0.2) is 56.6 Å². The average molecular weight is 366 g/mol. The first-order valence-electron chi connectivity index (χ1n) is 8.32. The number of amides is 2. The molecule has 0 aliphatic carbocycles. The van der Waals surface area contributed by atoms with Crippen molar-refractivity contribution in [1.82, 2.24) is 10.6 Å². The van der Waals surface area contributed by atoms with Crippen LogP contribution in [0, 0.1) is 10.1 Å². The number of hydrogen-bond donors (Lipinski definition) is 2. The number of nitro groups is 1. The molecule has 0 unspecified atom stereocenters. The molecule has 0 fully saturated rings. The number of nitrogens with zero attached hydrogens (tertiary/aromatic N) is 2. The van der Waals surface area contributed by atoms with Crippen LogP contribution in [0.2, 0.25) is 0 Å². The summed E-state index contributed by atoms with van der Waals surface area (Å²) < 4.78 is 4.90. The normalized spacial score (nSPS) is 10.5. The van der Waals surface area contributed by atoms with Gasteiger partial charge in [0.1, 0.15) is 5.69 Å². The van der Waals surface area contributed by atoms with Gasteiger partial charge in [0.15, 0.2) is 0 Å². The van der Waals surface area contributed by atoms with Gasteiger partial charge in [0, 0.05) is 45.0 Å². The van der Waals surface area contributed by atoms with Crippen molar-refractivity contribution >= 4 is 23.2 Å². The molecule has 0 radical (unpaired) electrons. The van der Waals surface area contributed by atoms with Gasteiger partial charge < -0.3 is 20.3 Å². The second kappa shape index (κ2) is 10.3. The van der Waals surface area contributed by atoms with Crippen molar-refractivity contribution < 1.29 is 19.2 Å². The number of nitro benzene ring substituents is 1. The number of carbonyl (C=O) groups excluding carboxylic acids is 2. The van der Waals surface area contributed by atoms with Crippen LogP contribution in [0.3, 0.4) is 0 Å². The number of carbonyl (C=O) groups is 2. The molecule has 0 saturated heterocycles. The van der Waals surface area contributed by atoms with Crippen LogP contribution >= 0.6 is 0 Å². The van der Waals surface area contributed by atoms with Crippen LogP contribution < -0.4 is 15.5 Å². The Balaban J connectivity index is 2.85. The van der Waals surface area contributed by atoms with Crippen LogP contribution in [0.1, 0.15) is 30.6 Å². The fourth-order valence-corrected chi connectivity index (χ4v) is 2.28. The lowest BCUT2D eigenvalue weighted by Gasteiger charge is -2.19. The van der Waals surface area contributed by atoms with E-state index in [-0.39, 0.29) is 41.3 Å². The molecule has 144 valence electrons. The number of methoxy groups -OCH3 is 1. The van der Waals surface area contributed by atoms with E-state index in [1.807, 2.05) is 0 Å². The zero-order valence-corrected chi connectivity index (χ0v) is 15.6. The van der Waals surface area contributed by atoms with E-state index in [1.165, 1.54) is 23.1 Å². The van der Waals surface area contributed by atoms with E-state index in [2.05, 4.69) is 10.6 Å². The standard InChI is InChI=1S/C17H26N4O5/c1-12(2)19-17(23)13-6-7-14(15(10-13)21(24)25)20(3)11-16(22)18-8-5-9-26-4/h6-7,10,12H,5,8-9,11H2,1-4H3,(H,18,22)(H,19,23). The highest BCUT2D eigenvalue weighted by atomic mass is 16.6. The number of rotatable bonds is 10. The van der Waals surface area contributed by atoms with Crippen molar-refractivity contribution in [2.75, 3.05) is 38.8 Å². The second-order valence-electron chi connectivity index (χ2n) is 6.14. The zero-order chi connectivity index (χ0) is 19.7. The minimum Gasteiger partial charge on any atom is -0.385 e. The third-order valence-electron chi connectivity index (χ3n) is 3.49. The molecule has 1 aromatic carbocycles. The smallest absolute Gasteiger partial charge is 0.293 e. The number of anilines is 1. The minimum absolute atomic E-state index is 0.0363. The molecule has 0 atom stereocenters. The maximum absolute atomic E-state index is 12.0. The Bertz CT molecular complexity index is 648. The molecule has 0 aliphatic heterocycles. The highest BCUT2D eigenvalue weighted by Gasteiger charge is 2.21. The van der Waals surface area contributed by atoms with Gasteiger partial charge in [-0.1, -0.05) is 0 Å². The summed E-state index contributed by atoms with van der Waals surface area (Å²) in [7, 11) is 3.17. The van der Waals surface area contributed by atoms with Crippen molar-refractivity contribution in [1.29, 1.82) is 0 Å². The Labute approximate surface area is 152 Å². The van der Waals surface area contributed by atoms with Crippen LogP contribution in [0.15, 0.2) is 18.2 Å².